The van der Waals surface area contributed by atoms with Gasteiger partial charge in [0.05, 0.1) is 36.9 Å². The molecular formula is C47H53N5O8S. The Labute approximate surface area is 361 Å². The summed E-state index contributed by atoms with van der Waals surface area (Å²) >= 11 is 1.30. The minimum absolute atomic E-state index is 0.0138. The number of benzene rings is 3. The monoisotopic (exact) mass is 847 g/mol. The molecule has 0 saturated heterocycles. The highest BCUT2D eigenvalue weighted by atomic mass is 32.1. The molecule has 0 spiro atoms. The Morgan fingerprint density at radius 2 is 1.36 bits per heavy atom. The van der Waals surface area contributed by atoms with Crippen molar-refractivity contribution in [1.82, 2.24) is 19.9 Å². The molecule has 5 rings (SSSR count). The maximum absolute atomic E-state index is 15.0. The number of nitrogens with zero attached hydrogens (tertiary/aromatic N) is 5. The van der Waals surface area contributed by atoms with Gasteiger partial charge in [-0.2, -0.15) is 10.0 Å². The van der Waals surface area contributed by atoms with Gasteiger partial charge in [0.25, 0.3) is 23.6 Å². The van der Waals surface area contributed by atoms with Gasteiger partial charge in [-0.3, -0.25) is 33.7 Å². The van der Waals surface area contributed by atoms with Crippen molar-refractivity contribution in [1.29, 1.82) is 0 Å². The predicted octanol–water partition coefficient (Wildman–Crippen LogP) is 8.10. The average molecular weight is 848 g/mol. The van der Waals surface area contributed by atoms with Gasteiger partial charge in [0.15, 0.2) is 5.13 Å². The van der Waals surface area contributed by atoms with Crippen LogP contribution < -0.4 is 14.4 Å². The molecule has 1 aromatic heterocycles. The van der Waals surface area contributed by atoms with Crippen LogP contribution in [0.5, 0.6) is 11.5 Å². The molecule has 0 aliphatic carbocycles. The number of hydrazine groups is 1. The average Bonchev–Trinajstić information content (AvgIpc) is 3.65. The predicted molar refractivity (Wildman–Crippen MR) is 236 cm³/mol. The highest BCUT2D eigenvalue weighted by Gasteiger charge is 2.46. The summed E-state index contributed by atoms with van der Waals surface area (Å²) < 4.78 is 11.8. The van der Waals surface area contributed by atoms with Crippen LogP contribution in [0.2, 0.25) is 0 Å². The van der Waals surface area contributed by atoms with E-state index in [1.807, 2.05) is 38.1 Å². The normalized spacial score (nSPS) is 13.4. The summed E-state index contributed by atoms with van der Waals surface area (Å²) in [6.45, 7) is 13.0. The highest BCUT2D eigenvalue weighted by Crippen LogP contribution is 2.45. The second-order valence-electron chi connectivity index (χ2n) is 14.8. The van der Waals surface area contributed by atoms with E-state index in [0.29, 0.717) is 48.3 Å². The number of carbonyl (C=O) groups is 6. The molecule has 1 aliphatic rings. The number of unbranched alkanes of at least 4 members (excludes halogenated alkanes) is 2. The fraction of sp³-hybridized carbons (Fsp3) is 0.340. The molecule has 0 N–H and O–H groups in total. The van der Waals surface area contributed by atoms with E-state index in [9.17, 15) is 28.8 Å². The topological polar surface area (TPSA) is 147 Å². The Morgan fingerprint density at radius 3 is 1.89 bits per heavy atom. The van der Waals surface area contributed by atoms with Crippen LogP contribution in [0.3, 0.4) is 0 Å². The van der Waals surface area contributed by atoms with Gasteiger partial charge in [-0.25, -0.2) is 4.98 Å². The number of aromatic nitrogens is 1. The van der Waals surface area contributed by atoms with Crippen molar-refractivity contribution in [3.63, 3.8) is 0 Å². The molecule has 3 aromatic carbocycles. The fourth-order valence-electron chi connectivity index (χ4n) is 6.93. The van der Waals surface area contributed by atoms with Gasteiger partial charge in [0.1, 0.15) is 17.1 Å². The minimum atomic E-state index is -1.24. The number of amides is 6. The molecule has 61 heavy (non-hydrogen) atoms. The van der Waals surface area contributed by atoms with Crippen LogP contribution in [0, 0.1) is 13.8 Å². The Balaban J connectivity index is 1.83. The second-order valence-corrected chi connectivity index (χ2v) is 15.8. The first-order chi connectivity index (χ1) is 29.2. The van der Waals surface area contributed by atoms with Crippen LogP contribution in [-0.4, -0.2) is 82.7 Å². The zero-order valence-corrected chi connectivity index (χ0v) is 37.1. The standard InChI is InChI=1S/C47H53N5O8S/c1-10-12-23-49(24-13-11-2)47-48-42(41-37(59-8)25-30(4)26-38(41)60-9)39(61-47)27-36-31(5)40(45(57)50(32(6)53)28-34-21-19-29(3)20-22-34)46(58)52(44(36)56)51(33(7)54)43(55)35-17-15-14-16-18-35/h14-22,25-27H,10-13,23-24,28H2,1-9H3/b36-27-. The van der Waals surface area contributed by atoms with Gasteiger partial charge in [-0.05, 0) is 80.7 Å². The van der Waals surface area contributed by atoms with Crippen LogP contribution in [0.25, 0.3) is 17.3 Å². The molecule has 0 fully saturated rings. The third-order valence-corrected chi connectivity index (χ3v) is 11.3. The number of anilines is 1. The summed E-state index contributed by atoms with van der Waals surface area (Å²) in [7, 11) is 3.07. The molecule has 0 radical (unpaired) electrons. The quantitative estimate of drug-likeness (QED) is 0.0616. The summed E-state index contributed by atoms with van der Waals surface area (Å²) in [5.74, 6) is -4.96. The van der Waals surface area contributed by atoms with Crippen molar-refractivity contribution in [2.45, 2.75) is 80.7 Å². The first kappa shape index (κ1) is 45.7. The van der Waals surface area contributed by atoms with E-state index in [1.54, 1.807) is 30.3 Å². The number of hydrogen-bond acceptors (Lipinski definition) is 11. The lowest BCUT2D eigenvalue weighted by Gasteiger charge is -2.36. The van der Waals surface area contributed by atoms with Gasteiger partial charge >= 0.3 is 0 Å². The van der Waals surface area contributed by atoms with Crippen molar-refractivity contribution in [2.24, 2.45) is 0 Å². The molecule has 6 amide bonds. The van der Waals surface area contributed by atoms with E-state index >= 15 is 0 Å². The summed E-state index contributed by atoms with van der Waals surface area (Å²) in [6.07, 6.45) is 5.22. The summed E-state index contributed by atoms with van der Waals surface area (Å²) in [6, 6.07) is 18.6. The molecule has 0 bridgehead atoms. The van der Waals surface area contributed by atoms with Gasteiger partial charge in [-0.15, -0.1) is 0 Å². The Kier molecular flexibility index (Phi) is 15.1. The Morgan fingerprint density at radius 1 is 0.770 bits per heavy atom. The molecule has 1 aliphatic heterocycles. The largest absolute Gasteiger partial charge is 0.496 e. The third kappa shape index (κ3) is 9.97. The van der Waals surface area contributed by atoms with Gasteiger partial charge in [-0.1, -0.05) is 86.1 Å². The molecule has 4 aromatic rings. The maximum atomic E-state index is 15.0. The van der Waals surface area contributed by atoms with E-state index in [-0.39, 0.29) is 23.3 Å². The number of thiazole rings is 1. The molecule has 0 atom stereocenters. The summed E-state index contributed by atoms with van der Waals surface area (Å²) in [5, 5.41) is 1.50. The zero-order chi connectivity index (χ0) is 44.5. The van der Waals surface area contributed by atoms with Crippen LogP contribution in [-0.2, 0) is 30.5 Å². The lowest BCUT2D eigenvalue weighted by Crippen LogP contribution is -2.58. The van der Waals surface area contributed by atoms with Crippen molar-refractivity contribution >= 4 is 58.0 Å². The maximum Gasteiger partial charge on any atom is 0.286 e. The zero-order valence-electron chi connectivity index (χ0n) is 36.3. The van der Waals surface area contributed by atoms with Crippen molar-refractivity contribution in [3.05, 3.63) is 111 Å². The van der Waals surface area contributed by atoms with E-state index in [4.69, 9.17) is 14.5 Å². The van der Waals surface area contributed by atoms with Crippen molar-refractivity contribution in [2.75, 3.05) is 32.2 Å². The van der Waals surface area contributed by atoms with Gasteiger partial charge < -0.3 is 14.4 Å². The van der Waals surface area contributed by atoms with Crippen molar-refractivity contribution in [3.8, 4) is 22.8 Å². The Bertz CT molecular complexity index is 2350. The first-order valence-corrected chi connectivity index (χ1v) is 21.1. The number of methoxy groups -OCH3 is 2. The van der Waals surface area contributed by atoms with E-state index in [0.717, 1.165) is 61.7 Å². The summed E-state index contributed by atoms with van der Waals surface area (Å²) in [4.78, 5) is 94.0. The molecule has 13 nitrogen and oxygen atoms in total. The molecular weight excluding hydrogens is 795 g/mol. The molecule has 320 valence electrons. The Hall–Kier alpha value is -6.41. The van der Waals surface area contributed by atoms with E-state index in [2.05, 4.69) is 18.7 Å². The van der Waals surface area contributed by atoms with Crippen LogP contribution in [0.4, 0.5) is 5.13 Å². The number of ether oxygens (including phenoxy) is 2. The second kappa shape index (κ2) is 20.2. The number of rotatable bonds is 16. The smallest absolute Gasteiger partial charge is 0.286 e. The van der Waals surface area contributed by atoms with Crippen molar-refractivity contribution < 1.29 is 38.2 Å². The van der Waals surface area contributed by atoms with E-state index < -0.39 is 41.0 Å². The SMILES string of the molecule is CCCCN(CCCC)c1nc(-c2c(OC)cc(C)cc2OC)c(/C=C2\C(=O)N(N(C(C)=O)C(=O)c3ccccc3)C(=O)C(C(=O)N(Cc3ccc(C)cc3)C(C)=O)=C2C)s1. The molecule has 0 saturated carbocycles. The fourth-order valence-corrected chi connectivity index (χ4v) is 7.99. The molecule has 2 heterocycles. The first-order valence-electron chi connectivity index (χ1n) is 20.3. The minimum Gasteiger partial charge on any atom is -0.496 e. The van der Waals surface area contributed by atoms with Gasteiger partial charge in [0.2, 0.25) is 11.8 Å². The molecule has 0 unspecified atom stereocenters. The number of hydrogen-bond donors (Lipinski definition) is 0. The lowest BCUT2D eigenvalue weighted by atomic mass is 9.93. The van der Waals surface area contributed by atoms with Crippen LogP contribution in [0.1, 0.15) is 92.2 Å². The van der Waals surface area contributed by atoms with Crippen LogP contribution >= 0.6 is 11.3 Å². The number of aryl methyl sites for hydroxylation is 2. The van der Waals surface area contributed by atoms with Crippen LogP contribution in [0.15, 0.2) is 83.4 Å². The third-order valence-electron chi connectivity index (χ3n) is 10.3. The van der Waals surface area contributed by atoms with E-state index in [1.165, 1.54) is 57.6 Å². The highest BCUT2D eigenvalue weighted by molar-refractivity contribution is 7.17. The number of carbonyl (C=O) groups excluding carboxylic acids is 6. The summed E-state index contributed by atoms with van der Waals surface area (Å²) in [5.41, 5.74) is 2.58. The molecule has 14 heteroatoms. The number of imide groups is 3. The van der Waals surface area contributed by atoms with Gasteiger partial charge in [0, 0.05) is 38.1 Å². The lowest BCUT2D eigenvalue weighted by molar-refractivity contribution is -0.164.